The lowest BCUT2D eigenvalue weighted by Gasteiger charge is -2.33. The topological polar surface area (TPSA) is 49.8 Å². The van der Waals surface area contributed by atoms with Crippen molar-refractivity contribution in [1.29, 1.82) is 0 Å². The molecule has 0 bridgehead atoms. The van der Waals surface area contributed by atoms with E-state index in [0.717, 1.165) is 11.3 Å². The number of amides is 1. The summed E-state index contributed by atoms with van der Waals surface area (Å²) in [4.78, 5) is 13.1. The number of carbonyl (C=O) groups is 1. The number of hydrogen-bond donors (Lipinski definition) is 1. The van der Waals surface area contributed by atoms with Crippen LogP contribution in [-0.2, 0) is 11.2 Å². The molecule has 0 unspecified atom stereocenters. The molecule has 0 aliphatic carbocycles. The smallest absolute Gasteiger partial charge is 0.414 e. The quantitative estimate of drug-likeness (QED) is 0.685. The number of aliphatic hydroxyl groups excluding tert-OH is 1. The molecule has 3 rings (SSSR count). The van der Waals surface area contributed by atoms with Gasteiger partial charge in [0.15, 0.2) is 0 Å². The maximum absolute atomic E-state index is 11.6. The van der Waals surface area contributed by atoms with Crippen LogP contribution in [0.25, 0.3) is 0 Å². The molecule has 0 aromatic heterocycles. The molecule has 1 amide bonds. The summed E-state index contributed by atoms with van der Waals surface area (Å²) in [5.41, 5.74) is 1.96. The molecule has 1 aromatic rings. The second-order valence-corrected chi connectivity index (χ2v) is 3.91. The Morgan fingerprint density at radius 2 is 2.20 bits per heavy atom. The predicted molar refractivity (Wildman–Crippen MR) is 53.8 cm³/mol. The number of hydrogen-bond acceptors (Lipinski definition) is 3. The highest BCUT2D eigenvalue weighted by molar-refractivity contribution is 5.92. The number of para-hydroxylation sites is 1. The highest BCUT2D eigenvalue weighted by Crippen LogP contribution is 2.35. The number of fused-ring (bicyclic) bond motifs is 3. The number of aliphatic hydroxyl groups is 1. The Kier molecular flexibility index (Phi) is 1.73. The summed E-state index contributed by atoms with van der Waals surface area (Å²) in [6.45, 7) is 0.105. The van der Waals surface area contributed by atoms with Gasteiger partial charge in [-0.25, -0.2) is 4.79 Å². The number of nitrogens with zero attached hydrogens (tertiary/aromatic N) is 1. The van der Waals surface area contributed by atoms with Crippen molar-refractivity contribution >= 4 is 11.8 Å². The SMILES string of the molecule is O=C1OC[C@H](O)[C@@H]2Cc3ccccc3N12. The van der Waals surface area contributed by atoms with Crippen LogP contribution in [0.4, 0.5) is 10.5 Å². The van der Waals surface area contributed by atoms with Gasteiger partial charge in [-0.2, -0.15) is 0 Å². The molecule has 1 fully saturated rings. The maximum Gasteiger partial charge on any atom is 0.414 e. The first-order valence-corrected chi connectivity index (χ1v) is 4.99. The molecule has 0 radical (unpaired) electrons. The summed E-state index contributed by atoms with van der Waals surface area (Å²) in [6, 6.07) is 7.54. The van der Waals surface area contributed by atoms with Gasteiger partial charge in [-0.1, -0.05) is 18.2 Å². The van der Waals surface area contributed by atoms with Crippen molar-refractivity contribution in [3.63, 3.8) is 0 Å². The standard InChI is InChI=1S/C11H11NO3/c13-10-6-15-11(14)12-8-4-2-1-3-7(8)5-9(10)12/h1-4,9-10,13H,5-6H2/t9-,10-/m0/s1. The maximum atomic E-state index is 11.6. The van der Waals surface area contributed by atoms with Crippen LogP contribution in [0, 0.1) is 0 Å². The molecule has 2 heterocycles. The van der Waals surface area contributed by atoms with Gasteiger partial charge in [0.05, 0.1) is 11.7 Å². The number of carbonyl (C=O) groups excluding carboxylic acids is 1. The second-order valence-electron chi connectivity index (χ2n) is 3.91. The summed E-state index contributed by atoms with van der Waals surface area (Å²) in [5, 5.41) is 9.75. The first-order chi connectivity index (χ1) is 7.27. The summed E-state index contributed by atoms with van der Waals surface area (Å²) in [5.74, 6) is 0. The zero-order valence-electron chi connectivity index (χ0n) is 8.09. The van der Waals surface area contributed by atoms with E-state index < -0.39 is 6.10 Å². The number of anilines is 1. The fourth-order valence-corrected chi connectivity index (χ4v) is 2.29. The lowest BCUT2D eigenvalue weighted by molar-refractivity contribution is 0.0319. The minimum absolute atomic E-state index is 0.105. The lowest BCUT2D eigenvalue weighted by atomic mass is 10.1. The van der Waals surface area contributed by atoms with Gasteiger partial charge in [0.2, 0.25) is 0 Å². The van der Waals surface area contributed by atoms with Crippen molar-refractivity contribution in [1.82, 2.24) is 0 Å². The van der Waals surface area contributed by atoms with E-state index in [4.69, 9.17) is 4.74 Å². The third-order valence-electron chi connectivity index (χ3n) is 3.03. The zero-order valence-corrected chi connectivity index (χ0v) is 8.09. The van der Waals surface area contributed by atoms with Gasteiger partial charge < -0.3 is 9.84 Å². The second kappa shape index (κ2) is 2.97. The van der Waals surface area contributed by atoms with Crippen LogP contribution in [0.3, 0.4) is 0 Å². The fraction of sp³-hybridized carbons (Fsp3) is 0.364. The lowest BCUT2D eigenvalue weighted by Crippen LogP contribution is -2.52. The van der Waals surface area contributed by atoms with Crippen LogP contribution in [0.5, 0.6) is 0 Å². The Labute approximate surface area is 87.1 Å². The molecular formula is C11H11NO3. The number of rotatable bonds is 0. The zero-order chi connectivity index (χ0) is 10.4. The van der Waals surface area contributed by atoms with Crippen LogP contribution in [0.2, 0.25) is 0 Å². The van der Waals surface area contributed by atoms with Gasteiger partial charge >= 0.3 is 6.09 Å². The highest BCUT2D eigenvalue weighted by Gasteiger charge is 2.42. The molecule has 1 saturated heterocycles. The molecule has 2 atom stereocenters. The molecule has 0 spiro atoms. The third kappa shape index (κ3) is 1.15. The van der Waals surface area contributed by atoms with Crippen molar-refractivity contribution in [2.24, 2.45) is 0 Å². The summed E-state index contributed by atoms with van der Waals surface area (Å²) in [7, 11) is 0. The average molecular weight is 205 g/mol. The van der Waals surface area contributed by atoms with Gasteiger partial charge in [0.1, 0.15) is 12.7 Å². The van der Waals surface area contributed by atoms with E-state index in [9.17, 15) is 9.90 Å². The highest BCUT2D eigenvalue weighted by atomic mass is 16.6. The number of cyclic esters (lactones) is 1. The van der Waals surface area contributed by atoms with Gasteiger partial charge in [-0.05, 0) is 18.1 Å². The van der Waals surface area contributed by atoms with Crippen molar-refractivity contribution < 1.29 is 14.6 Å². The molecule has 0 saturated carbocycles. The van der Waals surface area contributed by atoms with E-state index >= 15 is 0 Å². The summed E-state index contributed by atoms with van der Waals surface area (Å²) < 4.78 is 4.90. The van der Waals surface area contributed by atoms with Crippen molar-refractivity contribution in [2.45, 2.75) is 18.6 Å². The van der Waals surface area contributed by atoms with Crippen LogP contribution >= 0.6 is 0 Å². The summed E-state index contributed by atoms with van der Waals surface area (Å²) in [6.07, 6.45) is -0.225. The molecule has 2 aliphatic rings. The largest absolute Gasteiger partial charge is 0.446 e. The fourth-order valence-electron chi connectivity index (χ4n) is 2.29. The molecule has 1 aromatic carbocycles. The number of ether oxygens (including phenoxy) is 1. The molecule has 78 valence electrons. The third-order valence-corrected chi connectivity index (χ3v) is 3.03. The monoisotopic (exact) mass is 205 g/mol. The Bertz CT molecular complexity index is 418. The Morgan fingerprint density at radius 3 is 3.07 bits per heavy atom. The molecule has 4 nitrogen and oxygen atoms in total. The van der Waals surface area contributed by atoms with Gasteiger partial charge in [0, 0.05) is 0 Å². The van der Waals surface area contributed by atoms with Gasteiger partial charge in [-0.3, -0.25) is 4.90 Å². The van der Waals surface area contributed by atoms with Crippen molar-refractivity contribution in [3.8, 4) is 0 Å². The van der Waals surface area contributed by atoms with Crippen LogP contribution in [-0.4, -0.2) is 30.0 Å². The molecule has 4 heteroatoms. The van der Waals surface area contributed by atoms with E-state index in [-0.39, 0.29) is 18.7 Å². The van der Waals surface area contributed by atoms with Gasteiger partial charge in [0.25, 0.3) is 0 Å². The minimum Gasteiger partial charge on any atom is -0.446 e. The van der Waals surface area contributed by atoms with E-state index in [2.05, 4.69) is 0 Å². The van der Waals surface area contributed by atoms with E-state index in [1.54, 1.807) is 4.90 Å². The van der Waals surface area contributed by atoms with Crippen LogP contribution < -0.4 is 4.90 Å². The van der Waals surface area contributed by atoms with E-state index in [1.165, 1.54) is 0 Å². The Morgan fingerprint density at radius 1 is 1.40 bits per heavy atom. The minimum atomic E-state index is -0.588. The molecule has 15 heavy (non-hydrogen) atoms. The van der Waals surface area contributed by atoms with Crippen molar-refractivity contribution in [3.05, 3.63) is 29.8 Å². The van der Waals surface area contributed by atoms with Crippen molar-refractivity contribution in [2.75, 3.05) is 11.5 Å². The van der Waals surface area contributed by atoms with E-state index in [0.29, 0.717) is 6.42 Å². The van der Waals surface area contributed by atoms with Gasteiger partial charge in [-0.15, -0.1) is 0 Å². The summed E-state index contributed by atoms with van der Waals surface area (Å²) >= 11 is 0. The first kappa shape index (κ1) is 8.73. The molecular weight excluding hydrogens is 194 g/mol. The predicted octanol–water partition coefficient (Wildman–Crippen LogP) is 0.929. The average Bonchev–Trinajstić information content (AvgIpc) is 2.64. The molecule has 2 aliphatic heterocycles. The van der Waals surface area contributed by atoms with E-state index in [1.807, 2.05) is 24.3 Å². The normalized spacial score (nSPS) is 28.3. The first-order valence-electron chi connectivity index (χ1n) is 4.99. The van der Waals surface area contributed by atoms with Crippen LogP contribution in [0.1, 0.15) is 5.56 Å². The van der Waals surface area contributed by atoms with Crippen LogP contribution in [0.15, 0.2) is 24.3 Å². The Balaban J connectivity index is 2.07. The Hall–Kier alpha value is -1.55. The number of benzene rings is 1. The molecule has 1 N–H and O–H groups in total.